The number of hydrogen-bond donors (Lipinski definition) is 2. The molecule has 0 saturated carbocycles. The topological polar surface area (TPSA) is 121 Å². The molecule has 198 valence electrons. The summed E-state index contributed by atoms with van der Waals surface area (Å²) in [6.45, 7) is 3.29. The Balaban J connectivity index is 1.53. The number of amides is 1. The molecule has 0 radical (unpaired) electrons. The van der Waals surface area contributed by atoms with Crippen molar-refractivity contribution in [3.8, 4) is 0 Å². The first-order chi connectivity index (χ1) is 17.7. The Hall–Kier alpha value is -3.09. The maximum atomic E-state index is 13.8. The highest BCUT2D eigenvalue weighted by Gasteiger charge is 2.32. The molecule has 4 heterocycles. The molecule has 37 heavy (non-hydrogen) atoms. The number of ether oxygens (including phenoxy) is 1. The summed E-state index contributed by atoms with van der Waals surface area (Å²) in [7, 11) is -1.76. The van der Waals surface area contributed by atoms with E-state index in [1.165, 1.54) is 12.1 Å². The standard InChI is InChI=1S/C24H30ClN7O4S/c1-26-21-15-23(30-9-11-36-12-10-30)32-22(27-21)14-19(28-32)20-5-3-4-8-31(20)24(33)17-13-16(25)6-7-18(17)29-37(2,34)35/h6-7,13-15,20,29H,3-5,8-12H2,1-2H3,(H,26,27)/t20-/m0/s1. The van der Waals surface area contributed by atoms with E-state index in [2.05, 4.69) is 14.9 Å². The van der Waals surface area contributed by atoms with E-state index in [9.17, 15) is 13.2 Å². The van der Waals surface area contributed by atoms with Gasteiger partial charge in [-0.1, -0.05) is 11.6 Å². The van der Waals surface area contributed by atoms with Gasteiger partial charge in [-0.15, -0.1) is 0 Å². The Morgan fingerprint density at radius 3 is 2.65 bits per heavy atom. The maximum absolute atomic E-state index is 13.8. The summed E-state index contributed by atoms with van der Waals surface area (Å²) >= 11 is 6.21. The first kappa shape index (κ1) is 25.6. The number of anilines is 3. The third kappa shape index (κ3) is 5.46. The van der Waals surface area contributed by atoms with Crippen LogP contribution in [0.25, 0.3) is 5.65 Å². The number of sulfonamides is 1. The SMILES string of the molecule is CNc1cc(N2CCOCC2)n2nc([C@@H]3CCCCN3C(=O)c3cc(Cl)ccc3NS(C)(=O)=O)cc2n1. The molecule has 13 heteroatoms. The average Bonchev–Trinajstić information content (AvgIpc) is 3.32. The van der Waals surface area contributed by atoms with Crippen molar-refractivity contribution in [2.75, 3.05) is 61.1 Å². The summed E-state index contributed by atoms with van der Waals surface area (Å²) in [4.78, 5) is 22.5. The third-order valence-corrected chi connectivity index (χ3v) is 7.46. The molecule has 1 aromatic carbocycles. The lowest BCUT2D eigenvalue weighted by molar-refractivity contribution is 0.0607. The number of halogens is 1. The predicted molar refractivity (Wildman–Crippen MR) is 143 cm³/mol. The molecule has 2 aliphatic rings. The molecule has 2 N–H and O–H groups in total. The molecule has 5 rings (SSSR count). The number of carbonyl (C=O) groups excluding carboxylic acids is 1. The zero-order valence-electron chi connectivity index (χ0n) is 20.8. The van der Waals surface area contributed by atoms with Gasteiger partial charge in [0.05, 0.1) is 42.5 Å². The zero-order chi connectivity index (χ0) is 26.2. The van der Waals surface area contributed by atoms with Gasteiger partial charge >= 0.3 is 0 Å². The Morgan fingerprint density at radius 1 is 1.14 bits per heavy atom. The number of piperidine rings is 1. The molecule has 2 saturated heterocycles. The number of morpholine rings is 1. The van der Waals surface area contributed by atoms with Crippen LogP contribution < -0.4 is 14.9 Å². The molecule has 0 spiro atoms. The van der Waals surface area contributed by atoms with Crippen molar-refractivity contribution in [1.29, 1.82) is 0 Å². The Labute approximate surface area is 220 Å². The van der Waals surface area contributed by atoms with Gasteiger partial charge in [0.25, 0.3) is 5.91 Å². The summed E-state index contributed by atoms with van der Waals surface area (Å²) in [6.07, 6.45) is 3.56. The summed E-state index contributed by atoms with van der Waals surface area (Å²) in [5.41, 5.74) is 1.83. The van der Waals surface area contributed by atoms with Crippen molar-refractivity contribution < 1.29 is 17.9 Å². The molecule has 2 fully saturated rings. The monoisotopic (exact) mass is 547 g/mol. The van der Waals surface area contributed by atoms with Crippen LogP contribution in [0.1, 0.15) is 41.4 Å². The molecule has 1 atom stereocenters. The fourth-order valence-electron chi connectivity index (χ4n) is 4.90. The largest absolute Gasteiger partial charge is 0.378 e. The maximum Gasteiger partial charge on any atom is 0.256 e. The van der Waals surface area contributed by atoms with Crippen LogP contribution in [0.2, 0.25) is 5.02 Å². The molecule has 2 aromatic heterocycles. The van der Waals surface area contributed by atoms with E-state index in [4.69, 9.17) is 26.4 Å². The Bertz CT molecular complexity index is 1420. The zero-order valence-corrected chi connectivity index (χ0v) is 22.3. The van der Waals surface area contributed by atoms with Crippen molar-refractivity contribution in [1.82, 2.24) is 19.5 Å². The third-order valence-electron chi connectivity index (χ3n) is 6.63. The second-order valence-electron chi connectivity index (χ2n) is 9.26. The number of fused-ring (bicyclic) bond motifs is 1. The highest BCUT2D eigenvalue weighted by Crippen LogP contribution is 2.35. The number of nitrogens with one attached hydrogen (secondary N) is 2. The highest BCUT2D eigenvalue weighted by molar-refractivity contribution is 7.92. The van der Waals surface area contributed by atoms with E-state index in [0.29, 0.717) is 30.4 Å². The quantitative estimate of drug-likeness (QED) is 0.483. The van der Waals surface area contributed by atoms with E-state index >= 15 is 0 Å². The van der Waals surface area contributed by atoms with E-state index in [-0.39, 0.29) is 23.2 Å². The number of nitrogens with zero attached hydrogens (tertiary/aromatic N) is 5. The fourth-order valence-corrected chi connectivity index (χ4v) is 5.65. The van der Waals surface area contributed by atoms with Gasteiger partial charge in [0.2, 0.25) is 10.0 Å². The lowest BCUT2D eigenvalue weighted by Crippen LogP contribution is -2.39. The number of likely N-dealkylation sites (tertiary alicyclic amines) is 1. The van der Waals surface area contributed by atoms with Crippen LogP contribution in [-0.4, -0.2) is 80.0 Å². The number of carbonyl (C=O) groups is 1. The highest BCUT2D eigenvalue weighted by atomic mass is 35.5. The van der Waals surface area contributed by atoms with Gasteiger partial charge in [0.15, 0.2) is 5.65 Å². The minimum atomic E-state index is -3.59. The Morgan fingerprint density at radius 2 is 1.92 bits per heavy atom. The number of aromatic nitrogens is 3. The first-order valence-corrected chi connectivity index (χ1v) is 14.5. The van der Waals surface area contributed by atoms with Gasteiger partial charge in [-0.05, 0) is 37.5 Å². The smallest absolute Gasteiger partial charge is 0.256 e. The summed E-state index contributed by atoms with van der Waals surface area (Å²) < 4.78 is 33.7. The van der Waals surface area contributed by atoms with E-state index < -0.39 is 10.0 Å². The van der Waals surface area contributed by atoms with Crippen LogP contribution in [0.3, 0.4) is 0 Å². The lowest BCUT2D eigenvalue weighted by Gasteiger charge is -2.35. The number of rotatable bonds is 6. The van der Waals surface area contributed by atoms with Gasteiger partial charge in [0.1, 0.15) is 11.6 Å². The van der Waals surface area contributed by atoms with Crippen LogP contribution in [0, 0.1) is 0 Å². The van der Waals surface area contributed by atoms with E-state index in [0.717, 1.165) is 55.9 Å². The minimum Gasteiger partial charge on any atom is -0.378 e. The average molecular weight is 548 g/mol. The predicted octanol–water partition coefficient (Wildman–Crippen LogP) is 3.00. The van der Waals surface area contributed by atoms with Gasteiger partial charge in [0, 0.05) is 43.8 Å². The van der Waals surface area contributed by atoms with Crippen LogP contribution in [0.15, 0.2) is 30.3 Å². The van der Waals surface area contributed by atoms with Crippen molar-refractivity contribution in [2.24, 2.45) is 0 Å². The minimum absolute atomic E-state index is 0.200. The molecule has 11 nitrogen and oxygen atoms in total. The van der Waals surface area contributed by atoms with Crippen molar-refractivity contribution >= 4 is 50.5 Å². The van der Waals surface area contributed by atoms with E-state index in [1.807, 2.05) is 23.7 Å². The second kappa shape index (κ2) is 10.3. The molecule has 0 unspecified atom stereocenters. The van der Waals surface area contributed by atoms with Gasteiger partial charge in [-0.3, -0.25) is 9.52 Å². The number of hydrogen-bond acceptors (Lipinski definition) is 8. The van der Waals surface area contributed by atoms with E-state index in [1.54, 1.807) is 11.0 Å². The second-order valence-corrected chi connectivity index (χ2v) is 11.4. The van der Waals surface area contributed by atoms with Gasteiger partial charge < -0.3 is 19.9 Å². The molecular weight excluding hydrogens is 518 g/mol. The van der Waals surface area contributed by atoms with Crippen molar-refractivity contribution in [3.05, 3.63) is 46.6 Å². The van der Waals surface area contributed by atoms with Crippen LogP contribution in [0.5, 0.6) is 0 Å². The summed E-state index contributed by atoms with van der Waals surface area (Å²) in [6, 6.07) is 8.17. The normalized spacial score (nSPS) is 18.7. The molecule has 0 bridgehead atoms. The van der Waals surface area contributed by atoms with Crippen LogP contribution in [0.4, 0.5) is 17.3 Å². The molecular formula is C24H30ClN7O4S. The van der Waals surface area contributed by atoms with Gasteiger partial charge in [-0.25, -0.2) is 13.4 Å². The summed E-state index contributed by atoms with van der Waals surface area (Å²) in [5.74, 6) is 1.34. The molecule has 0 aliphatic carbocycles. The van der Waals surface area contributed by atoms with Crippen LogP contribution in [-0.2, 0) is 14.8 Å². The number of benzene rings is 1. The lowest BCUT2D eigenvalue weighted by atomic mass is 9.98. The van der Waals surface area contributed by atoms with Crippen molar-refractivity contribution in [2.45, 2.75) is 25.3 Å². The summed E-state index contributed by atoms with van der Waals surface area (Å²) in [5, 5.41) is 8.40. The molecule has 2 aliphatic heterocycles. The fraction of sp³-hybridized carbons (Fsp3) is 0.458. The van der Waals surface area contributed by atoms with Crippen LogP contribution >= 0.6 is 11.6 Å². The molecule has 1 amide bonds. The van der Waals surface area contributed by atoms with Gasteiger partial charge in [-0.2, -0.15) is 9.61 Å². The Kier molecular flexibility index (Phi) is 7.15. The van der Waals surface area contributed by atoms with Crippen molar-refractivity contribution in [3.63, 3.8) is 0 Å². The molecule has 3 aromatic rings. The first-order valence-electron chi connectivity index (χ1n) is 12.2.